The molecule has 0 aromatic carbocycles. The molecule has 8 atom stereocenters. The van der Waals surface area contributed by atoms with Crippen molar-refractivity contribution < 1.29 is 29.4 Å². The third-order valence-electron chi connectivity index (χ3n) is 7.60. The van der Waals surface area contributed by atoms with Crippen LogP contribution in [0.4, 0.5) is 0 Å². The van der Waals surface area contributed by atoms with Crippen LogP contribution in [0.3, 0.4) is 0 Å². The molecule has 5 aliphatic heterocycles. The van der Waals surface area contributed by atoms with Crippen molar-refractivity contribution in [3.8, 4) is 0 Å². The van der Waals surface area contributed by atoms with Crippen molar-refractivity contribution >= 4 is 45.0 Å². The third kappa shape index (κ3) is 1.76. The topological polar surface area (TPSA) is 115 Å². The number of aliphatic hydroxyl groups is 2. The van der Waals surface area contributed by atoms with Crippen molar-refractivity contribution in [2.45, 2.75) is 72.6 Å². The van der Waals surface area contributed by atoms with Gasteiger partial charge in [0.15, 0.2) is 9.74 Å². The van der Waals surface area contributed by atoms with Crippen LogP contribution in [0, 0.1) is 11.8 Å². The molecule has 8 nitrogen and oxygen atoms in total. The lowest BCUT2D eigenvalue weighted by molar-refractivity contribution is -0.171. The number of Topliss-reactive ketones (excluding diaryl/α,β-unsaturated/α-hetero) is 2. The average Bonchev–Trinajstić information content (AvgIpc) is 3.22. The largest absolute Gasteiger partial charge is 0.391 e. The van der Waals surface area contributed by atoms with E-state index in [0.29, 0.717) is 12.8 Å². The molecule has 7 rings (SSSR count). The molecule has 2 amide bonds. The highest BCUT2D eigenvalue weighted by Crippen LogP contribution is 2.69. The first-order chi connectivity index (χ1) is 13.3. The molecule has 150 valence electrons. The SMILES string of the molecule is O=C1CC[C@@H](O)[C@@H]2[C@@H]1C[C@@]13SS[C@]4(C[C@@H]5C(=O)CC[C@H](O)[C@H]5N4C1=O)C(=O)N23. The van der Waals surface area contributed by atoms with Gasteiger partial charge in [0.25, 0.3) is 11.8 Å². The van der Waals surface area contributed by atoms with Crippen LogP contribution in [0.15, 0.2) is 0 Å². The Kier molecular flexibility index (Phi) is 3.37. The van der Waals surface area contributed by atoms with Gasteiger partial charge in [-0.1, -0.05) is 21.6 Å². The number of nitrogens with zero attached hydrogens (tertiary/aromatic N) is 2. The van der Waals surface area contributed by atoms with E-state index in [4.69, 9.17) is 0 Å². The second-order valence-corrected chi connectivity index (χ2v) is 11.5. The molecule has 5 saturated heterocycles. The molecule has 2 bridgehead atoms. The average molecular weight is 425 g/mol. The molecule has 5 heterocycles. The summed E-state index contributed by atoms with van der Waals surface area (Å²) in [6.45, 7) is 0. The van der Waals surface area contributed by atoms with E-state index in [1.165, 1.54) is 31.4 Å². The molecule has 2 N–H and O–H groups in total. The predicted molar refractivity (Wildman–Crippen MR) is 98.6 cm³/mol. The Morgan fingerprint density at radius 3 is 1.54 bits per heavy atom. The second-order valence-electron chi connectivity index (χ2n) is 8.83. The van der Waals surface area contributed by atoms with Gasteiger partial charge in [0.2, 0.25) is 0 Å². The van der Waals surface area contributed by atoms with Crippen LogP contribution in [0.5, 0.6) is 0 Å². The number of ketones is 2. The zero-order valence-electron chi connectivity index (χ0n) is 14.9. The molecule has 0 radical (unpaired) electrons. The van der Waals surface area contributed by atoms with Crippen molar-refractivity contribution in [2.75, 3.05) is 0 Å². The summed E-state index contributed by atoms with van der Waals surface area (Å²) in [6, 6.07) is -1.35. The molecular weight excluding hydrogens is 404 g/mol. The second kappa shape index (κ2) is 5.33. The molecule has 7 fully saturated rings. The van der Waals surface area contributed by atoms with Gasteiger partial charge in [0.1, 0.15) is 11.6 Å². The number of aliphatic hydroxyl groups excluding tert-OH is 2. The van der Waals surface area contributed by atoms with E-state index in [-0.39, 0.29) is 49.1 Å². The maximum absolute atomic E-state index is 13.8. The van der Waals surface area contributed by atoms with Crippen LogP contribution in [0.1, 0.15) is 38.5 Å². The minimum Gasteiger partial charge on any atom is -0.391 e. The minimum atomic E-state index is -1.23. The van der Waals surface area contributed by atoms with Gasteiger partial charge >= 0.3 is 0 Å². The van der Waals surface area contributed by atoms with Crippen molar-refractivity contribution in [1.82, 2.24) is 9.80 Å². The quantitative estimate of drug-likeness (QED) is 0.508. The van der Waals surface area contributed by atoms with Crippen molar-refractivity contribution in [3.05, 3.63) is 0 Å². The lowest BCUT2D eigenvalue weighted by atomic mass is 9.80. The number of fused-ring (bicyclic) bond motifs is 3. The number of carbonyl (C=O) groups excluding carboxylic acids is 4. The molecule has 10 heteroatoms. The summed E-state index contributed by atoms with van der Waals surface area (Å²) in [4.78, 5) is 53.1. The lowest BCUT2D eigenvalue weighted by Gasteiger charge is -2.59. The zero-order valence-corrected chi connectivity index (χ0v) is 16.6. The van der Waals surface area contributed by atoms with Gasteiger partial charge in [-0.25, -0.2) is 0 Å². The maximum atomic E-state index is 13.8. The number of rotatable bonds is 0. The first kappa shape index (κ1) is 17.7. The van der Waals surface area contributed by atoms with Gasteiger partial charge in [0, 0.05) is 37.5 Å². The Balaban J connectivity index is 1.50. The fraction of sp³-hybridized carbons (Fsp3) is 0.778. The number of piperazine rings is 1. The van der Waals surface area contributed by atoms with E-state index < -0.39 is 45.9 Å². The van der Waals surface area contributed by atoms with E-state index in [9.17, 15) is 29.4 Å². The number of carbonyl (C=O) groups is 4. The molecule has 2 saturated carbocycles. The Hall–Kier alpha value is -1.10. The van der Waals surface area contributed by atoms with Gasteiger partial charge < -0.3 is 20.0 Å². The summed E-state index contributed by atoms with van der Waals surface area (Å²) in [5.41, 5.74) is 0. The van der Waals surface area contributed by atoms with Crippen LogP contribution in [0.25, 0.3) is 0 Å². The summed E-state index contributed by atoms with van der Waals surface area (Å²) < 4.78 is 0. The van der Waals surface area contributed by atoms with E-state index in [1.54, 1.807) is 0 Å². The Morgan fingerprint density at radius 2 is 1.14 bits per heavy atom. The van der Waals surface area contributed by atoms with Crippen LogP contribution in [-0.2, 0) is 19.2 Å². The van der Waals surface area contributed by atoms with Gasteiger partial charge in [0.05, 0.1) is 24.3 Å². The molecule has 28 heavy (non-hydrogen) atoms. The van der Waals surface area contributed by atoms with Gasteiger partial charge in [-0.15, -0.1) is 0 Å². The molecular formula is C18H20N2O6S2. The highest BCUT2D eigenvalue weighted by Gasteiger charge is 2.79. The Labute approximate surface area is 168 Å². The summed E-state index contributed by atoms with van der Waals surface area (Å²) in [7, 11) is 2.60. The van der Waals surface area contributed by atoms with Crippen molar-refractivity contribution in [2.24, 2.45) is 11.8 Å². The Bertz CT molecular complexity index is 784. The third-order valence-corrected chi connectivity index (χ3v) is 11.2. The van der Waals surface area contributed by atoms with E-state index in [2.05, 4.69) is 0 Å². The van der Waals surface area contributed by atoms with Crippen LogP contribution in [-0.4, -0.2) is 77.4 Å². The predicted octanol–water partition coefficient (Wildman–Crippen LogP) is -0.331. The van der Waals surface area contributed by atoms with Crippen LogP contribution >= 0.6 is 21.6 Å². The fourth-order valence-electron chi connectivity index (χ4n) is 6.37. The van der Waals surface area contributed by atoms with Crippen LogP contribution < -0.4 is 0 Å². The van der Waals surface area contributed by atoms with Gasteiger partial charge in [-0.2, -0.15) is 0 Å². The monoisotopic (exact) mass is 424 g/mol. The molecule has 0 unspecified atom stereocenters. The van der Waals surface area contributed by atoms with Gasteiger partial charge in [-0.05, 0) is 12.8 Å². The van der Waals surface area contributed by atoms with E-state index in [1.807, 2.05) is 0 Å². The van der Waals surface area contributed by atoms with E-state index >= 15 is 0 Å². The normalized spacial score (nSPS) is 51.9. The maximum Gasteiger partial charge on any atom is 0.261 e. The Morgan fingerprint density at radius 1 is 0.750 bits per heavy atom. The van der Waals surface area contributed by atoms with Crippen LogP contribution in [0.2, 0.25) is 0 Å². The molecule has 2 spiro atoms. The minimum absolute atomic E-state index is 0.00265. The molecule has 0 aromatic heterocycles. The summed E-state index contributed by atoms with van der Waals surface area (Å²) in [5.74, 6) is -1.64. The first-order valence-corrected chi connectivity index (χ1v) is 11.9. The number of amides is 2. The standard InChI is InChI=1S/C18H20N2O6S2/c21-9-1-3-11(23)13-7(9)5-17-15(25)20-14-8(10(22)2-4-12(14)24)6-18(20,28-27-17)16(26)19(13)17/h7-8,11-14,23-24H,1-6H2/t7-,8-,11-,12+,13+,14+,17-,18-/m1/s1. The molecule has 7 aliphatic rings. The van der Waals surface area contributed by atoms with Crippen molar-refractivity contribution in [1.29, 1.82) is 0 Å². The van der Waals surface area contributed by atoms with E-state index in [0.717, 1.165) is 0 Å². The fourth-order valence-corrected chi connectivity index (χ4v) is 10.2. The highest BCUT2D eigenvalue weighted by atomic mass is 33.1. The first-order valence-electron chi connectivity index (χ1n) is 9.78. The lowest BCUT2D eigenvalue weighted by Crippen LogP contribution is -2.77. The van der Waals surface area contributed by atoms with Gasteiger partial charge in [-0.3, -0.25) is 19.2 Å². The van der Waals surface area contributed by atoms with Crippen molar-refractivity contribution in [3.63, 3.8) is 0 Å². The summed E-state index contributed by atoms with van der Waals surface area (Å²) in [6.07, 6.45) is -0.142. The zero-order chi connectivity index (χ0) is 19.6. The highest BCUT2D eigenvalue weighted by molar-refractivity contribution is 8.78. The molecule has 0 aromatic rings. The number of hydrogen-bond donors (Lipinski definition) is 2. The smallest absolute Gasteiger partial charge is 0.261 e. The molecule has 2 aliphatic carbocycles. The summed E-state index contributed by atoms with van der Waals surface area (Å²) in [5, 5.41) is 21.2. The number of hydrogen-bond acceptors (Lipinski definition) is 8. The summed E-state index contributed by atoms with van der Waals surface area (Å²) >= 11 is 0.